The Morgan fingerprint density at radius 3 is 2.20 bits per heavy atom. The Morgan fingerprint density at radius 1 is 0.943 bits per heavy atom. The number of benzene rings is 2. The maximum Gasteiger partial charge on any atom is 0.290 e. The minimum Gasteiger partial charge on any atom is -0.497 e. The molecular weight excluding hydrogens is 440 g/mol. The molecule has 3 aromatic rings. The number of methoxy groups -OCH3 is 2. The fraction of sp³-hybridized carbons (Fsp3) is 0.379. The van der Waals surface area contributed by atoms with Crippen LogP contribution in [0.2, 0.25) is 0 Å². The number of anilines is 2. The number of aryl methyl sites for hydroxylation is 2. The molecule has 1 heterocycles. The molecule has 0 unspecified atom stereocenters. The summed E-state index contributed by atoms with van der Waals surface area (Å²) in [6.45, 7) is 16.5. The van der Waals surface area contributed by atoms with Gasteiger partial charge in [-0.1, -0.05) is 34.3 Å². The first kappa shape index (κ1) is 27.7. The van der Waals surface area contributed by atoms with Gasteiger partial charge in [0.05, 0.1) is 25.6 Å². The molecule has 0 atom stereocenters. The fourth-order valence-electron chi connectivity index (χ4n) is 3.67. The Bertz CT molecular complexity index is 1150. The van der Waals surface area contributed by atoms with Gasteiger partial charge < -0.3 is 28.8 Å². The normalized spacial score (nSPS) is 10.4. The van der Waals surface area contributed by atoms with Crippen molar-refractivity contribution in [1.82, 2.24) is 0 Å². The van der Waals surface area contributed by atoms with Crippen LogP contribution in [0.4, 0.5) is 11.4 Å². The molecule has 0 spiro atoms. The number of nitrogens with one attached hydrogen (secondary N) is 1. The van der Waals surface area contributed by atoms with Crippen molar-refractivity contribution in [3.8, 4) is 23.2 Å². The van der Waals surface area contributed by atoms with Crippen molar-refractivity contribution in [3.63, 3.8) is 0 Å². The van der Waals surface area contributed by atoms with Crippen molar-refractivity contribution in [2.75, 3.05) is 38.5 Å². The summed E-state index contributed by atoms with van der Waals surface area (Å²) in [7, 11) is 7.36. The summed E-state index contributed by atoms with van der Waals surface area (Å²) in [6.07, 6.45) is 0. The van der Waals surface area contributed by atoms with Gasteiger partial charge in [-0.15, -0.1) is 0 Å². The van der Waals surface area contributed by atoms with Gasteiger partial charge in [-0.05, 0) is 60.7 Å². The third kappa shape index (κ3) is 6.53. The van der Waals surface area contributed by atoms with Crippen LogP contribution in [0, 0.1) is 13.8 Å². The van der Waals surface area contributed by atoms with Crippen LogP contribution in [0.3, 0.4) is 0 Å². The zero-order chi connectivity index (χ0) is 26.3. The van der Waals surface area contributed by atoms with Crippen LogP contribution in [0.25, 0.3) is 5.70 Å². The lowest BCUT2D eigenvalue weighted by atomic mass is 9.98. The van der Waals surface area contributed by atoms with E-state index in [1.807, 2.05) is 45.9 Å². The molecule has 0 fully saturated rings. The molecule has 0 bridgehead atoms. The van der Waals surface area contributed by atoms with Gasteiger partial charge >= 0.3 is 0 Å². The van der Waals surface area contributed by atoms with E-state index in [1.54, 1.807) is 20.3 Å². The highest BCUT2D eigenvalue weighted by Gasteiger charge is 2.16. The van der Waals surface area contributed by atoms with E-state index in [2.05, 4.69) is 56.9 Å². The van der Waals surface area contributed by atoms with Crippen molar-refractivity contribution in [1.29, 1.82) is 0 Å². The molecule has 1 aromatic heterocycles. The number of ether oxygens (including phenoxy) is 3. The zero-order valence-corrected chi connectivity index (χ0v) is 22.8. The Labute approximate surface area is 210 Å². The molecule has 0 saturated carbocycles. The van der Waals surface area contributed by atoms with Gasteiger partial charge in [-0.3, -0.25) is 0 Å². The molecule has 0 amide bonds. The minimum absolute atomic E-state index is 0.365. The summed E-state index contributed by atoms with van der Waals surface area (Å²) < 4.78 is 22.9. The van der Waals surface area contributed by atoms with Crippen LogP contribution in [-0.4, -0.2) is 28.3 Å². The Balaban J connectivity index is 0.00000210. The standard InChI is InChI=1S/C27H34N2O4.C2H6/c1-16(2)21-15-24(17(3)13-22(21)29(6)7)33-26-11-10-23(32-26)19(5)28-27-18(4)12-20(30-8)14-25(27)31-9;1-2/h10-16,28H,5H2,1-4,6-9H3;1-2H3. The lowest BCUT2D eigenvalue weighted by Gasteiger charge is -2.22. The van der Waals surface area contributed by atoms with Crippen molar-refractivity contribution < 1.29 is 18.6 Å². The highest BCUT2D eigenvalue weighted by atomic mass is 16.6. The van der Waals surface area contributed by atoms with Gasteiger partial charge in [-0.25, -0.2) is 0 Å². The number of furan rings is 1. The quantitative estimate of drug-likeness (QED) is 0.335. The summed E-state index contributed by atoms with van der Waals surface area (Å²) in [5.41, 5.74) is 5.82. The molecule has 2 aromatic carbocycles. The van der Waals surface area contributed by atoms with Crippen molar-refractivity contribution in [2.24, 2.45) is 0 Å². The predicted octanol–water partition coefficient (Wildman–Crippen LogP) is 8.00. The lowest BCUT2D eigenvalue weighted by molar-refractivity contribution is 0.341. The summed E-state index contributed by atoms with van der Waals surface area (Å²) in [6, 6.07) is 11.6. The van der Waals surface area contributed by atoms with Gasteiger partial charge in [0.1, 0.15) is 17.2 Å². The van der Waals surface area contributed by atoms with E-state index < -0.39 is 0 Å². The number of nitrogens with zero attached hydrogens (tertiary/aromatic N) is 1. The molecule has 190 valence electrons. The first-order valence-electron chi connectivity index (χ1n) is 11.9. The molecule has 6 heteroatoms. The summed E-state index contributed by atoms with van der Waals surface area (Å²) in [5.74, 6) is 3.51. The van der Waals surface area contributed by atoms with Gasteiger partial charge in [-0.2, -0.15) is 0 Å². The number of hydrogen-bond donors (Lipinski definition) is 1. The van der Waals surface area contributed by atoms with Crippen molar-refractivity contribution >= 4 is 17.1 Å². The minimum atomic E-state index is 0.365. The van der Waals surface area contributed by atoms with E-state index in [-0.39, 0.29) is 0 Å². The maximum absolute atomic E-state index is 6.12. The molecule has 1 N–H and O–H groups in total. The monoisotopic (exact) mass is 480 g/mol. The average molecular weight is 481 g/mol. The second-order valence-corrected chi connectivity index (χ2v) is 8.57. The lowest BCUT2D eigenvalue weighted by Crippen LogP contribution is -2.12. The first-order valence-corrected chi connectivity index (χ1v) is 11.9. The highest BCUT2D eigenvalue weighted by Crippen LogP contribution is 2.38. The second kappa shape index (κ2) is 12.2. The topological polar surface area (TPSA) is 56.1 Å². The summed E-state index contributed by atoms with van der Waals surface area (Å²) in [5, 5.41) is 3.30. The zero-order valence-electron chi connectivity index (χ0n) is 22.8. The summed E-state index contributed by atoms with van der Waals surface area (Å²) >= 11 is 0. The SMILES string of the molecule is C=C(Nc1c(C)cc(OC)cc1OC)c1ccc(Oc2cc(C(C)C)c(N(C)C)cc2C)o1.CC. The molecule has 0 saturated heterocycles. The summed E-state index contributed by atoms with van der Waals surface area (Å²) in [4.78, 5) is 2.13. The van der Waals surface area contributed by atoms with Gasteiger partial charge in [0.25, 0.3) is 5.95 Å². The van der Waals surface area contributed by atoms with E-state index in [0.29, 0.717) is 29.1 Å². The van der Waals surface area contributed by atoms with Gasteiger partial charge in [0.2, 0.25) is 0 Å². The van der Waals surface area contributed by atoms with E-state index in [1.165, 1.54) is 11.3 Å². The number of hydrogen-bond acceptors (Lipinski definition) is 6. The largest absolute Gasteiger partial charge is 0.497 e. The van der Waals surface area contributed by atoms with E-state index >= 15 is 0 Å². The van der Waals surface area contributed by atoms with Crippen LogP contribution in [0.5, 0.6) is 23.2 Å². The molecule has 6 nitrogen and oxygen atoms in total. The molecule has 3 rings (SSSR count). The Morgan fingerprint density at radius 2 is 1.63 bits per heavy atom. The van der Waals surface area contributed by atoms with Crippen molar-refractivity contribution in [2.45, 2.75) is 47.5 Å². The Hall–Kier alpha value is -3.54. The molecule has 0 radical (unpaired) electrons. The van der Waals surface area contributed by atoms with E-state index in [9.17, 15) is 0 Å². The fourth-order valence-corrected chi connectivity index (χ4v) is 3.67. The average Bonchev–Trinajstić information content (AvgIpc) is 3.30. The van der Waals surface area contributed by atoms with Crippen LogP contribution in [-0.2, 0) is 0 Å². The van der Waals surface area contributed by atoms with Gasteiger partial charge in [0, 0.05) is 31.9 Å². The van der Waals surface area contributed by atoms with Crippen LogP contribution >= 0.6 is 0 Å². The molecule has 0 aliphatic heterocycles. The van der Waals surface area contributed by atoms with Crippen LogP contribution < -0.4 is 24.4 Å². The molecule has 0 aliphatic carbocycles. The molecule has 35 heavy (non-hydrogen) atoms. The van der Waals surface area contributed by atoms with Crippen molar-refractivity contribution in [3.05, 3.63) is 65.4 Å². The second-order valence-electron chi connectivity index (χ2n) is 8.57. The number of rotatable bonds is 9. The first-order chi connectivity index (χ1) is 16.6. The van der Waals surface area contributed by atoms with Crippen LogP contribution in [0.1, 0.15) is 56.1 Å². The van der Waals surface area contributed by atoms with E-state index in [0.717, 1.165) is 28.3 Å². The Kier molecular flexibility index (Phi) is 9.69. The molecule has 0 aliphatic rings. The molecular formula is C29H40N2O4. The van der Waals surface area contributed by atoms with Crippen LogP contribution in [0.15, 0.2) is 47.4 Å². The third-order valence-electron chi connectivity index (χ3n) is 5.52. The smallest absolute Gasteiger partial charge is 0.290 e. The highest BCUT2D eigenvalue weighted by molar-refractivity contribution is 5.79. The van der Waals surface area contributed by atoms with E-state index in [4.69, 9.17) is 18.6 Å². The van der Waals surface area contributed by atoms with Gasteiger partial charge in [0.15, 0.2) is 5.76 Å². The predicted molar refractivity (Wildman–Crippen MR) is 147 cm³/mol. The maximum atomic E-state index is 6.12. The third-order valence-corrected chi connectivity index (χ3v) is 5.52.